The number of para-hydroxylation sites is 1. The zero-order valence-corrected chi connectivity index (χ0v) is 12.8. The SMILES string of the molecule is Cc1nn(-c2ccccc2)c(N)c1S(=O)(=O)c1ccccc1. The molecule has 0 aliphatic heterocycles. The van der Waals surface area contributed by atoms with Gasteiger partial charge < -0.3 is 5.73 Å². The fourth-order valence-electron chi connectivity index (χ4n) is 2.35. The number of sulfone groups is 1. The molecule has 0 radical (unpaired) electrons. The Morgan fingerprint density at radius 3 is 2.09 bits per heavy atom. The highest BCUT2D eigenvalue weighted by Crippen LogP contribution is 2.30. The lowest BCUT2D eigenvalue weighted by Crippen LogP contribution is -2.07. The molecule has 0 amide bonds. The molecular weight excluding hydrogens is 298 g/mol. The van der Waals surface area contributed by atoms with Crippen LogP contribution in [0.25, 0.3) is 5.69 Å². The van der Waals surface area contributed by atoms with Gasteiger partial charge in [-0.3, -0.25) is 0 Å². The maximum atomic E-state index is 12.8. The third-order valence-corrected chi connectivity index (χ3v) is 5.30. The van der Waals surface area contributed by atoms with E-state index < -0.39 is 9.84 Å². The van der Waals surface area contributed by atoms with Gasteiger partial charge in [0, 0.05) is 0 Å². The Balaban J connectivity index is 2.20. The minimum Gasteiger partial charge on any atom is -0.382 e. The summed E-state index contributed by atoms with van der Waals surface area (Å²) in [7, 11) is -3.70. The molecular formula is C16H15N3O2S. The molecule has 0 fully saturated rings. The van der Waals surface area contributed by atoms with Crippen molar-refractivity contribution in [3.05, 3.63) is 66.4 Å². The highest BCUT2D eigenvalue weighted by atomic mass is 32.2. The Morgan fingerprint density at radius 1 is 0.955 bits per heavy atom. The van der Waals surface area contributed by atoms with E-state index in [4.69, 9.17) is 5.73 Å². The molecule has 0 aliphatic carbocycles. The van der Waals surface area contributed by atoms with Crippen LogP contribution in [0.5, 0.6) is 0 Å². The topological polar surface area (TPSA) is 78.0 Å². The number of nitrogens with zero attached hydrogens (tertiary/aromatic N) is 2. The molecule has 3 aromatic rings. The normalized spacial score (nSPS) is 11.5. The van der Waals surface area contributed by atoms with Gasteiger partial charge in [0.1, 0.15) is 10.7 Å². The van der Waals surface area contributed by atoms with Crippen LogP contribution >= 0.6 is 0 Å². The molecule has 0 bridgehead atoms. The molecule has 6 heteroatoms. The lowest BCUT2D eigenvalue weighted by molar-refractivity contribution is 0.596. The van der Waals surface area contributed by atoms with Crippen LogP contribution in [-0.4, -0.2) is 18.2 Å². The molecule has 3 rings (SSSR count). The van der Waals surface area contributed by atoms with Crippen molar-refractivity contribution < 1.29 is 8.42 Å². The highest BCUT2D eigenvalue weighted by Gasteiger charge is 2.27. The molecule has 0 atom stereocenters. The van der Waals surface area contributed by atoms with Crippen LogP contribution in [0, 0.1) is 6.92 Å². The number of benzene rings is 2. The van der Waals surface area contributed by atoms with E-state index in [0.29, 0.717) is 5.69 Å². The van der Waals surface area contributed by atoms with Gasteiger partial charge in [0.2, 0.25) is 9.84 Å². The van der Waals surface area contributed by atoms with Crippen molar-refractivity contribution >= 4 is 15.7 Å². The van der Waals surface area contributed by atoms with Gasteiger partial charge >= 0.3 is 0 Å². The number of hydrogen-bond donors (Lipinski definition) is 1. The summed E-state index contributed by atoms with van der Waals surface area (Å²) in [6.45, 7) is 1.64. The van der Waals surface area contributed by atoms with E-state index in [-0.39, 0.29) is 15.6 Å². The Morgan fingerprint density at radius 2 is 1.50 bits per heavy atom. The van der Waals surface area contributed by atoms with E-state index in [1.165, 1.54) is 4.68 Å². The van der Waals surface area contributed by atoms with Gasteiger partial charge in [-0.1, -0.05) is 36.4 Å². The smallest absolute Gasteiger partial charge is 0.212 e. The van der Waals surface area contributed by atoms with Gasteiger partial charge in [-0.15, -0.1) is 0 Å². The average molecular weight is 313 g/mol. The van der Waals surface area contributed by atoms with Crippen molar-refractivity contribution in [1.82, 2.24) is 9.78 Å². The third kappa shape index (κ3) is 2.27. The maximum absolute atomic E-state index is 12.8. The van der Waals surface area contributed by atoms with Crippen molar-refractivity contribution in [2.45, 2.75) is 16.7 Å². The van der Waals surface area contributed by atoms with Crippen LogP contribution < -0.4 is 5.73 Å². The Bertz CT molecular complexity index is 901. The second-order valence-electron chi connectivity index (χ2n) is 4.86. The van der Waals surface area contributed by atoms with Crippen LogP contribution in [0.4, 0.5) is 5.82 Å². The average Bonchev–Trinajstić information content (AvgIpc) is 2.84. The summed E-state index contributed by atoms with van der Waals surface area (Å²) in [5.74, 6) is 0.118. The third-order valence-electron chi connectivity index (χ3n) is 3.36. The largest absolute Gasteiger partial charge is 0.382 e. The van der Waals surface area contributed by atoms with Crippen LogP contribution in [0.1, 0.15) is 5.69 Å². The van der Waals surface area contributed by atoms with Gasteiger partial charge in [0.05, 0.1) is 16.3 Å². The molecule has 1 heterocycles. The highest BCUT2D eigenvalue weighted by molar-refractivity contribution is 7.91. The Labute approximate surface area is 128 Å². The van der Waals surface area contributed by atoms with Gasteiger partial charge in [0.25, 0.3) is 0 Å². The lowest BCUT2D eigenvalue weighted by atomic mass is 10.3. The first-order chi connectivity index (χ1) is 10.5. The van der Waals surface area contributed by atoms with Gasteiger partial charge in [-0.25, -0.2) is 13.1 Å². The summed E-state index contributed by atoms with van der Waals surface area (Å²) in [5.41, 5.74) is 7.18. The van der Waals surface area contributed by atoms with E-state index in [1.807, 2.05) is 30.3 Å². The summed E-state index contributed by atoms with van der Waals surface area (Å²) < 4.78 is 27.0. The van der Waals surface area contributed by atoms with Crippen molar-refractivity contribution in [2.75, 3.05) is 5.73 Å². The van der Waals surface area contributed by atoms with E-state index >= 15 is 0 Å². The van der Waals surface area contributed by atoms with Crippen molar-refractivity contribution in [1.29, 1.82) is 0 Å². The predicted octanol–water partition coefficient (Wildman–Crippen LogP) is 2.60. The quantitative estimate of drug-likeness (QED) is 0.806. The number of nitrogen functional groups attached to an aromatic ring is 1. The lowest BCUT2D eigenvalue weighted by Gasteiger charge is -2.06. The summed E-state index contributed by atoms with van der Waals surface area (Å²) in [4.78, 5) is 0.264. The number of hydrogen-bond acceptors (Lipinski definition) is 4. The first-order valence-corrected chi connectivity index (χ1v) is 8.21. The Hall–Kier alpha value is -2.60. The minimum atomic E-state index is -3.70. The van der Waals surface area contributed by atoms with Crippen molar-refractivity contribution in [3.8, 4) is 5.69 Å². The molecule has 2 N–H and O–H groups in total. The molecule has 0 saturated carbocycles. The molecule has 0 unspecified atom stereocenters. The number of aryl methyl sites for hydroxylation is 1. The minimum absolute atomic E-state index is 0.0579. The molecule has 112 valence electrons. The van der Waals surface area contributed by atoms with Crippen molar-refractivity contribution in [2.24, 2.45) is 0 Å². The second-order valence-corrected chi connectivity index (χ2v) is 6.75. The predicted molar refractivity (Wildman–Crippen MR) is 84.6 cm³/mol. The fraction of sp³-hybridized carbons (Fsp3) is 0.0625. The number of nitrogens with two attached hydrogens (primary N) is 1. The Kier molecular flexibility index (Phi) is 3.46. The molecule has 0 spiro atoms. The van der Waals surface area contributed by atoms with Crippen LogP contribution in [-0.2, 0) is 9.84 Å². The first-order valence-electron chi connectivity index (χ1n) is 6.72. The number of aromatic nitrogens is 2. The zero-order valence-electron chi connectivity index (χ0n) is 12.0. The molecule has 1 aromatic heterocycles. The van der Waals surface area contributed by atoms with Crippen LogP contribution in [0.15, 0.2) is 70.5 Å². The van der Waals surface area contributed by atoms with E-state index in [0.717, 1.165) is 5.69 Å². The number of anilines is 1. The standard InChI is InChI=1S/C16H15N3O2S/c1-12-15(22(20,21)14-10-6-3-7-11-14)16(17)19(18-12)13-8-4-2-5-9-13/h2-11H,17H2,1H3. The summed E-state index contributed by atoms with van der Waals surface area (Å²) >= 11 is 0. The zero-order chi connectivity index (χ0) is 15.7. The van der Waals surface area contributed by atoms with Gasteiger partial charge in [-0.2, -0.15) is 5.10 Å². The molecule has 0 saturated heterocycles. The van der Waals surface area contributed by atoms with Crippen LogP contribution in [0.3, 0.4) is 0 Å². The summed E-state index contributed by atoms with van der Waals surface area (Å²) in [6, 6.07) is 17.4. The molecule has 2 aromatic carbocycles. The van der Waals surface area contributed by atoms with E-state index in [1.54, 1.807) is 37.3 Å². The number of rotatable bonds is 3. The summed E-state index contributed by atoms with van der Waals surface area (Å²) in [6.07, 6.45) is 0. The molecule has 0 aliphatic rings. The maximum Gasteiger partial charge on any atom is 0.212 e. The van der Waals surface area contributed by atoms with Crippen molar-refractivity contribution in [3.63, 3.8) is 0 Å². The molecule has 22 heavy (non-hydrogen) atoms. The second kappa shape index (κ2) is 5.31. The van der Waals surface area contributed by atoms with E-state index in [9.17, 15) is 8.42 Å². The van der Waals surface area contributed by atoms with E-state index in [2.05, 4.69) is 5.10 Å². The van der Waals surface area contributed by atoms with Crippen LogP contribution in [0.2, 0.25) is 0 Å². The van der Waals surface area contributed by atoms with Gasteiger partial charge in [-0.05, 0) is 31.2 Å². The summed E-state index contributed by atoms with van der Waals surface area (Å²) in [5, 5.41) is 4.28. The molecule has 5 nitrogen and oxygen atoms in total. The van der Waals surface area contributed by atoms with Gasteiger partial charge in [0.15, 0.2) is 0 Å². The fourth-order valence-corrected chi connectivity index (χ4v) is 3.89. The first kappa shape index (κ1) is 14.3. The monoisotopic (exact) mass is 313 g/mol.